The summed E-state index contributed by atoms with van der Waals surface area (Å²) in [5.74, 6) is -0.838. The van der Waals surface area contributed by atoms with Crippen molar-refractivity contribution in [2.24, 2.45) is 0 Å². The second-order valence-electron chi connectivity index (χ2n) is 7.02. The first-order valence-electron chi connectivity index (χ1n) is 9.97. The first-order chi connectivity index (χ1) is 12.0. The molecule has 1 atom stereocenters. The van der Waals surface area contributed by atoms with Gasteiger partial charge in [0.25, 0.3) is 11.8 Å². The van der Waals surface area contributed by atoms with E-state index < -0.39 is 11.8 Å². The van der Waals surface area contributed by atoms with Crippen LogP contribution in [0.2, 0.25) is 0 Å². The molecule has 0 saturated carbocycles. The van der Waals surface area contributed by atoms with E-state index in [0.717, 1.165) is 44.9 Å². The first kappa shape index (κ1) is 22.5. The molecular weight excluding hydrogens is 357 g/mol. The topological polar surface area (TPSA) is 37.4 Å². The van der Waals surface area contributed by atoms with Crippen molar-refractivity contribution >= 4 is 35.0 Å². The van der Waals surface area contributed by atoms with E-state index in [1.807, 2.05) is 0 Å². The number of halogens is 2. The molecule has 0 aromatic rings. The molecule has 0 aliphatic carbocycles. The van der Waals surface area contributed by atoms with Crippen molar-refractivity contribution in [2.45, 2.75) is 103 Å². The molecule has 1 aliphatic heterocycles. The third-order valence-corrected chi connectivity index (χ3v) is 5.70. The Bertz CT molecular complexity index is 439. The quantitative estimate of drug-likeness (QED) is 0.250. The summed E-state index contributed by atoms with van der Waals surface area (Å²) in [6.45, 7) is 4.38. The first-order valence-corrected chi connectivity index (χ1v) is 10.7. The number of carbonyl (C=O) groups excluding carboxylic acids is 2. The van der Waals surface area contributed by atoms with Crippen LogP contribution >= 0.6 is 23.2 Å². The Morgan fingerprint density at radius 2 is 1.04 bits per heavy atom. The Hall–Kier alpha value is -0.540. The Kier molecular flexibility index (Phi) is 11.5. The van der Waals surface area contributed by atoms with Gasteiger partial charge in [-0.1, -0.05) is 108 Å². The summed E-state index contributed by atoms with van der Waals surface area (Å²) in [4.78, 5) is 25.8. The molecule has 1 heterocycles. The van der Waals surface area contributed by atoms with Gasteiger partial charge >= 0.3 is 0 Å². The molecule has 25 heavy (non-hydrogen) atoms. The summed E-state index contributed by atoms with van der Waals surface area (Å²) >= 11 is 11.8. The van der Waals surface area contributed by atoms with Gasteiger partial charge in [0.05, 0.1) is 0 Å². The van der Waals surface area contributed by atoms with E-state index in [9.17, 15) is 9.59 Å². The number of hydrogen-bond acceptors (Lipinski definition) is 2. The molecule has 0 aromatic heterocycles. The summed E-state index contributed by atoms with van der Waals surface area (Å²) in [6.07, 6.45) is 14.9. The molecule has 1 aliphatic rings. The van der Waals surface area contributed by atoms with E-state index in [1.165, 1.54) is 43.4 Å². The van der Waals surface area contributed by atoms with Crippen LogP contribution in [0.4, 0.5) is 0 Å². The monoisotopic (exact) mass is 389 g/mol. The Labute approximate surface area is 163 Å². The molecule has 1 rings (SSSR count). The van der Waals surface area contributed by atoms with Gasteiger partial charge in [0, 0.05) is 6.04 Å². The zero-order valence-electron chi connectivity index (χ0n) is 15.8. The minimum absolute atomic E-state index is 0.0726. The molecule has 0 N–H and O–H groups in total. The van der Waals surface area contributed by atoms with Crippen molar-refractivity contribution in [3.05, 3.63) is 10.1 Å². The van der Waals surface area contributed by atoms with Crippen molar-refractivity contribution in [2.75, 3.05) is 0 Å². The summed E-state index contributed by atoms with van der Waals surface area (Å²) in [5.41, 5.74) is 0. The highest BCUT2D eigenvalue weighted by molar-refractivity contribution is 6.58. The summed E-state index contributed by atoms with van der Waals surface area (Å²) in [5, 5.41) is -0.244. The van der Waals surface area contributed by atoms with Crippen molar-refractivity contribution in [1.29, 1.82) is 0 Å². The van der Waals surface area contributed by atoms with E-state index >= 15 is 0 Å². The van der Waals surface area contributed by atoms with Gasteiger partial charge in [0.1, 0.15) is 10.1 Å². The average Bonchev–Trinajstić information content (AvgIpc) is 2.79. The van der Waals surface area contributed by atoms with Gasteiger partial charge in [-0.2, -0.15) is 0 Å². The Morgan fingerprint density at radius 1 is 0.680 bits per heavy atom. The normalized spacial score (nSPS) is 16.2. The van der Waals surface area contributed by atoms with Gasteiger partial charge in [-0.3, -0.25) is 14.5 Å². The number of carbonyl (C=O) groups is 2. The highest BCUT2D eigenvalue weighted by Crippen LogP contribution is 2.31. The average molecular weight is 390 g/mol. The predicted octanol–water partition coefficient (Wildman–Crippen LogP) is 6.52. The lowest BCUT2D eigenvalue weighted by Crippen LogP contribution is -2.40. The second kappa shape index (κ2) is 12.8. The van der Waals surface area contributed by atoms with Crippen molar-refractivity contribution < 1.29 is 9.59 Å². The van der Waals surface area contributed by atoms with Crippen molar-refractivity contribution in [3.8, 4) is 0 Å². The van der Waals surface area contributed by atoms with E-state index in [0.29, 0.717) is 0 Å². The van der Waals surface area contributed by atoms with Crippen LogP contribution in [0.1, 0.15) is 97.3 Å². The van der Waals surface area contributed by atoms with Gasteiger partial charge < -0.3 is 0 Å². The van der Waals surface area contributed by atoms with E-state index in [4.69, 9.17) is 23.2 Å². The maximum Gasteiger partial charge on any atom is 0.274 e. The molecule has 0 fully saturated rings. The van der Waals surface area contributed by atoms with E-state index in [2.05, 4.69) is 13.8 Å². The summed E-state index contributed by atoms with van der Waals surface area (Å²) < 4.78 is 0. The van der Waals surface area contributed by atoms with E-state index in [-0.39, 0.29) is 16.1 Å². The fourth-order valence-corrected chi connectivity index (χ4v) is 3.71. The predicted molar refractivity (Wildman–Crippen MR) is 106 cm³/mol. The smallest absolute Gasteiger partial charge is 0.270 e. The largest absolute Gasteiger partial charge is 0.274 e. The number of amides is 2. The fourth-order valence-electron chi connectivity index (χ4n) is 3.37. The minimum Gasteiger partial charge on any atom is -0.270 e. The van der Waals surface area contributed by atoms with Crippen LogP contribution in [0.3, 0.4) is 0 Å². The molecule has 3 nitrogen and oxygen atoms in total. The van der Waals surface area contributed by atoms with Crippen LogP contribution in [0.5, 0.6) is 0 Å². The van der Waals surface area contributed by atoms with Crippen molar-refractivity contribution in [3.63, 3.8) is 0 Å². The number of hydrogen-bond donors (Lipinski definition) is 0. The number of imide groups is 1. The lowest BCUT2D eigenvalue weighted by Gasteiger charge is -2.26. The highest BCUT2D eigenvalue weighted by atomic mass is 35.5. The molecule has 1 unspecified atom stereocenters. The standard InChI is InChI=1S/C20H33Cl2NO2/c1-3-5-7-8-9-10-11-13-15-16(14-12-6-4-2)23-19(24)17(21)18(22)20(23)25/h16H,3-15H2,1-2H3. The van der Waals surface area contributed by atoms with Gasteiger partial charge in [-0.05, 0) is 12.8 Å². The lowest BCUT2D eigenvalue weighted by molar-refractivity contribution is -0.140. The number of nitrogens with zero attached hydrogens (tertiary/aromatic N) is 1. The molecule has 0 spiro atoms. The van der Waals surface area contributed by atoms with Gasteiger partial charge in [-0.15, -0.1) is 0 Å². The van der Waals surface area contributed by atoms with Crippen LogP contribution < -0.4 is 0 Å². The zero-order valence-corrected chi connectivity index (χ0v) is 17.3. The Balaban J connectivity index is 2.44. The second-order valence-corrected chi connectivity index (χ2v) is 7.78. The van der Waals surface area contributed by atoms with Gasteiger partial charge in [-0.25, -0.2) is 0 Å². The molecule has 2 amide bonds. The van der Waals surface area contributed by atoms with Crippen LogP contribution in [0.15, 0.2) is 10.1 Å². The minimum atomic E-state index is -0.419. The lowest BCUT2D eigenvalue weighted by atomic mass is 9.99. The molecule has 5 heteroatoms. The SMILES string of the molecule is CCCCCCCCCCC(CCCCC)N1C(=O)C(Cl)=C(Cl)C1=O. The van der Waals surface area contributed by atoms with Crippen molar-refractivity contribution in [1.82, 2.24) is 4.90 Å². The van der Waals surface area contributed by atoms with Crippen LogP contribution in [0, 0.1) is 0 Å². The highest BCUT2D eigenvalue weighted by Gasteiger charge is 2.40. The van der Waals surface area contributed by atoms with E-state index in [1.54, 1.807) is 0 Å². The maximum atomic E-state index is 12.3. The molecule has 144 valence electrons. The van der Waals surface area contributed by atoms with Gasteiger partial charge in [0.2, 0.25) is 0 Å². The molecular formula is C20H33Cl2NO2. The molecule has 0 radical (unpaired) electrons. The number of unbranched alkanes of at least 4 members (excludes halogenated alkanes) is 9. The van der Waals surface area contributed by atoms with Crippen LogP contribution in [0.25, 0.3) is 0 Å². The number of rotatable bonds is 14. The molecule has 0 saturated heterocycles. The van der Waals surface area contributed by atoms with Crippen LogP contribution in [-0.4, -0.2) is 22.8 Å². The maximum absolute atomic E-state index is 12.3. The molecule has 0 aromatic carbocycles. The zero-order chi connectivity index (χ0) is 18.7. The third-order valence-electron chi connectivity index (χ3n) is 4.90. The Morgan fingerprint density at radius 3 is 1.52 bits per heavy atom. The molecule has 0 bridgehead atoms. The summed E-state index contributed by atoms with van der Waals surface area (Å²) in [7, 11) is 0. The third kappa shape index (κ3) is 7.30. The van der Waals surface area contributed by atoms with Gasteiger partial charge in [0.15, 0.2) is 0 Å². The van der Waals surface area contributed by atoms with Crippen LogP contribution in [-0.2, 0) is 9.59 Å². The fraction of sp³-hybridized carbons (Fsp3) is 0.800. The summed E-state index contributed by atoms with van der Waals surface area (Å²) in [6, 6.07) is -0.0726.